The molecule has 0 aliphatic rings. The molecule has 0 fully saturated rings. The van der Waals surface area contributed by atoms with Crippen LogP contribution in [0.25, 0.3) is 16.9 Å². The van der Waals surface area contributed by atoms with E-state index in [2.05, 4.69) is 34.0 Å². The highest BCUT2D eigenvalue weighted by molar-refractivity contribution is 5.93. The van der Waals surface area contributed by atoms with E-state index in [1.807, 2.05) is 41.8 Å². The van der Waals surface area contributed by atoms with E-state index in [0.717, 1.165) is 30.9 Å². The number of benzene rings is 1. The molecule has 2 heterocycles. The molecular formula is C20H25N5O. The van der Waals surface area contributed by atoms with Crippen molar-refractivity contribution in [3.8, 4) is 11.3 Å². The molecule has 0 spiro atoms. The summed E-state index contributed by atoms with van der Waals surface area (Å²) >= 11 is 0. The summed E-state index contributed by atoms with van der Waals surface area (Å²) in [4.78, 5) is 23.7. The summed E-state index contributed by atoms with van der Waals surface area (Å²) in [5.74, 6) is -0.157. The molecule has 0 unspecified atom stereocenters. The van der Waals surface area contributed by atoms with Crippen molar-refractivity contribution in [3.05, 3.63) is 54.1 Å². The van der Waals surface area contributed by atoms with Crippen LogP contribution >= 0.6 is 0 Å². The Hall–Kier alpha value is -2.73. The van der Waals surface area contributed by atoms with Crippen LogP contribution in [0.2, 0.25) is 0 Å². The molecule has 0 aliphatic carbocycles. The van der Waals surface area contributed by atoms with Gasteiger partial charge in [-0.15, -0.1) is 0 Å². The minimum absolute atomic E-state index is 0.157. The van der Waals surface area contributed by atoms with E-state index in [1.165, 1.54) is 5.56 Å². The van der Waals surface area contributed by atoms with E-state index >= 15 is 0 Å². The first-order chi connectivity index (χ1) is 12.6. The van der Waals surface area contributed by atoms with Gasteiger partial charge in [-0.3, -0.25) is 9.78 Å². The van der Waals surface area contributed by atoms with Crippen molar-refractivity contribution in [1.82, 2.24) is 24.6 Å². The number of aryl methyl sites for hydroxylation is 1. The third-order valence-electron chi connectivity index (χ3n) is 4.54. The van der Waals surface area contributed by atoms with E-state index in [9.17, 15) is 4.79 Å². The van der Waals surface area contributed by atoms with Gasteiger partial charge in [0.2, 0.25) is 0 Å². The van der Waals surface area contributed by atoms with Crippen molar-refractivity contribution < 1.29 is 4.79 Å². The highest BCUT2D eigenvalue weighted by Crippen LogP contribution is 2.22. The second-order valence-electron chi connectivity index (χ2n) is 6.28. The van der Waals surface area contributed by atoms with Crippen LogP contribution in [0, 0.1) is 6.92 Å². The summed E-state index contributed by atoms with van der Waals surface area (Å²) < 4.78 is 1.85. The van der Waals surface area contributed by atoms with E-state index in [-0.39, 0.29) is 5.91 Å². The Morgan fingerprint density at radius 2 is 1.92 bits per heavy atom. The van der Waals surface area contributed by atoms with Gasteiger partial charge in [0, 0.05) is 37.2 Å². The monoisotopic (exact) mass is 351 g/mol. The Bertz CT molecular complexity index is 881. The Labute approximate surface area is 153 Å². The maximum Gasteiger partial charge on any atom is 0.271 e. The summed E-state index contributed by atoms with van der Waals surface area (Å²) in [7, 11) is 0. The van der Waals surface area contributed by atoms with Crippen LogP contribution in [0.15, 0.2) is 42.9 Å². The second kappa shape index (κ2) is 8.10. The van der Waals surface area contributed by atoms with Crippen LogP contribution in [-0.4, -0.2) is 51.4 Å². The quantitative estimate of drug-likeness (QED) is 0.711. The average molecular weight is 351 g/mol. The van der Waals surface area contributed by atoms with Gasteiger partial charge in [-0.1, -0.05) is 43.7 Å². The fourth-order valence-electron chi connectivity index (χ4n) is 2.90. The minimum Gasteiger partial charge on any atom is -0.349 e. The summed E-state index contributed by atoms with van der Waals surface area (Å²) in [6.45, 7) is 9.69. The molecule has 0 bridgehead atoms. The SMILES string of the molecule is CCN(CC)CCNC(=O)c1cn2ccnc(-c3ccc(C)cc3)c2n1. The van der Waals surface area contributed by atoms with Gasteiger partial charge in [0.25, 0.3) is 5.91 Å². The number of aromatic nitrogens is 3. The van der Waals surface area contributed by atoms with Crippen molar-refractivity contribution in [1.29, 1.82) is 0 Å². The number of nitrogens with zero attached hydrogens (tertiary/aromatic N) is 4. The van der Waals surface area contributed by atoms with Crippen molar-refractivity contribution in [2.45, 2.75) is 20.8 Å². The van der Waals surface area contributed by atoms with Gasteiger partial charge in [-0.25, -0.2) is 4.98 Å². The number of fused-ring (bicyclic) bond motifs is 1. The lowest BCUT2D eigenvalue weighted by Crippen LogP contribution is -2.34. The van der Waals surface area contributed by atoms with Crippen LogP contribution in [-0.2, 0) is 0 Å². The number of likely N-dealkylation sites (N-methyl/N-ethyl adjacent to an activating group) is 1. The largest absolute Gasteiger partial charge is 0.349 e. The Morgan fingerprint density at radius 1 is 1.19 bits per heavy atom. The third-order valence-corrected chi connectivity index (χ3v) is 4.54. The van der Waals surface area contributed by atoms with E-state index in [1.54, 1.807) is 12.4 Å². The fourth-order valence-corrected chi connectivity index (χ4v) is 2.90. The van der Waals surface area contributed by atoms with Gasteiger partial charge >= 0.3 is 0 Å². The number of hydrogen-bond acceptors (Lipinski definition) is 4. The topological polar surface area (TPSA) is 62.5 Å². The van der Waals surface area contributed by atoms with E-state index < -0.39 is 0 Å². The molecule has 0 saturated heterocycles. The molecule has 1 N–H and O–H groups in total. The Kier molecular flexibility index (Phi) is 5.63. The number of nitrogens with one attached hydrogen (secondary N) is 1. The maximum atomic E-state index is 12.4. The molecule has 0 saturated carbocycles. The molecule has 6 heteroatoms. The highest BCUT2D eigenvalue weighted by Gasteiger charge is 2.14. The zero-order valence-corrected chi connectivity index (χ0v) is 15.6. The van der Waals surface area contributed by atoms with Gasteiger partial charge < -0.3 is 14.6 Å². The van der Waals surface area contributed by atoms with Gasteiger partial charge in [0.15, 0.2) is 5.65 Å². The van der Waals surface area contributed by atoms with E-state index in [0.29, 0.717) is 17.9 Å². The lowest BCUT2D eigenvalue weighted by atomic mass is 10.1. The summed E-state index contributed by atoms with van der Waals surface area (Å²) in [6, 6.07) is 8.14. The summed E-state index contributed by atoms with van der Waals surface area (Å²) in [5.41, 5.74) is 4.04. The maximum absolute atomic E-state index is 12.4. The molecule has 3 rings (SSSR count). The normalized spacial score (nSPS) is 11.2. The van der Waals surface area contributed by atoms with Crippen LogP contribution in [0.4, 0.5) is 0 Å². The predicted molar refractivity (Wildman–Crippen MR) is 103 cm³/mol. The zero-order valence-electron chi connectivity index (χ0n) is 15.6. The minimum atomic E-state index is -0.157. The molecule has 136 valence electrons. The average Bonchev–Trinajstić information content (AvgIpc) is 3.10. The fraction of sp³-hybridized carbons (Fsp3) is 0.350. The number of carbonyl (C=O) groups excluding carboxylic acids is 1. The lowest BCUT2D eigenvalue weighted by Gasteiger charge is -2.17. The van der Waals surface area contributed by atoms with Crippen molar-refractivity contribution >= 4 is 11.6 Å². The molecule has 1 aromatic carbocycles. The molecule has 2 aromatic heterocycles. The first kappa shape index (κ1) is 18.1. The number of hydrogen-bond donors (Lipinski definition) is 1. The molecule has 0 radical (unpaired) electrons. The van der Waals surface area contributed by atoms with Crippen LogP contribution in [0.3, 0.4) is 0 Å². The number of carbonyl (C=O) groups is 1. The lowest BCUT2D eigenvalue weighted by molar-refractivity contribution is 0.0944. The molecule has 1 amide bonds. The molecular weight excluding hydrogens is 326 g/mol. The van der Waals surface area contributed by atoms with Crippen molar-refractivity contribution in [2.24, 2.45) is 0 Å². The van der Waals surface area contributed by atoms with Crippen molar-refractivity contribution in [2.75, 3.05) is 26.2 Å². The van der Waals surface area contributed by atoms with Gasteiger partial charge in [0.05, 0.1) is 0 Å². The third kappa shape index (κ3) is 3.91. The second-order valence-corrected chi connectivity index (χ2v) is 6.28. The number of amides is 1. The van der Waals surface area contributed by atoms with Crippen molar-refractivity contribution in [3.63, 3.8) is 0 Å². The first-order valence-electron chi connectivity index (χ1n) is 9.03. The molecule has 0 aliphatic heterocycles. The molecule has 0 atom stereocenters. The van der Waals surface area contributed by atoms with Crippen LogP contribution < -0.4 is 5.32 Å². The van der Waals surface area contributed by atoms with Crippen LogP contribution in [0.1, 0.15) is 29.9 Å². The standard InChI is InChI=1S/C20H25N5O/c1-4-24(5-2)12-10-22-20(26)17-14-25-13-11-21-18(19(25)23-17)16-8-6-15(3)7-9-16/h6-9,11,13-14H,4-5,10,12H2,1-3H3,(H,22,26). The Morgan fingerprint density at radius 3 is 2.62 bits per heavy atom. The zero-order chi connectivity index (χ0) is 18.5. The van der Waals surface area contributed by atoms with Gasteiger partial charge in [0.1, 0.15) is 11.4 Å². The Balaban J connectivity index is 1.80. The van der Waals surface area contributed by atoms with Gasteiger partial charge in [-0.05, 0) is 20.0 Å². The molecule has 26 heavy (non-hydrogen) atoms. The smallest absolute Gasteiger partial charge is 0.271 e. The molecule has 3 aromatic rings. The summed E-state index contributed by atoms with van der Waals surface area (Å²) in [6.07, 6.45) is 5.29. The van der Waals surface area contributed by atoms with Crippen LogP contribution in [0.5, 0.6) is 0 Å². The number of imidazole rings is 1. The molecule has 6 nitrogen and oxygen atoms in total. The predicted octanol–water partition coefficient (Wildman–Crippen LogP) is 2.78. The number of rotatable bonds is 7. The van der Waals surface area contributed by atoms with E-state index in [4.69, 9.17) is 0 Å². The van der Waals surface area contributed by atoms with Gasteiger partial charge in [-0.2, -0.15) is 0 Å². The summed E-state index contributed by atoms with van der Waals surface area (Å²) in [5, 5.41) is 2.95. The first-order valence-corrected chi connectivity index (χ1v) is 9.03. The highest BCUT2D eigenvalue weighted by atomic mass is 16.1.